The number of aryl methyl sites for hydroxylation is 1. The molecule has 0 unspecified atom stereocenters. The lowest BCUT2D eigenvalue weighted by Gasteiger charge is -2.21. The molecule has 0 bridgehead atoms. The summed E-state index contributed by atoms with van der Waals surface area (Å²) in [4.78, 5) is 15.2. The van der Waals surface area contributed by atoms with E-state index in [1.165, 1.54) is 0 Å². The van der Waals surface area contributed by atoms with Crippen LogP contribution in [0.3, 0.4) is 0 Å². The Labute approximate surface area is 117 Å². The van der Waals surface area contributed by atoms with E-state index in [2.05, 4.69) is 15.0 Å². The minimum Gasteiger partial charge on any atom is -0.262 e. The van der Waals surface area contributed by atoms with E-state index in [-0.39, 0.29) is 0 Å². The van der Waals surface area contributed by atoms with Crippen LogP contribution in [-0.4, -0.2) is 15.0 Å². The molecule has 0 aliphatic rings. The van der Waals surface area contributed by atoms with Crippen LogP contribution in [0.2, 0.25) is 0 Å². The standard InChI is InChI=1S/C16H14N4/c1-13-8-11-19-16(12-13)20(14-6-2-4-9-17-14)15-7-3-5-10-18-15/h2-12H,1H3. The summed E-state index contributed by atoms with van der Waals surface area (Å²) in [6, 6.07) is 15.6. The molecule has 98 valence electrons. The average Bonchev–Trinajstić information content (AvgIpc) is 2.50. The predicted octanol–water partition coefficient (Wildman–Crippen LogP) is 3.65. The molecule has 0 saturated carbocycles. The summed E-state index contributed by atoms with van der Waals surface area (Å²) in [6.07, 6.45) is 5.33. The van der Waals surface area contributed by atoms with E-state index in [0.29, 0.717) is 0 Å². The molecule has 0 aliphatic heterocycles. The van der Waals surface area contributed by atoms with E-state index < -0.39 is 0 Å². The van der Waals surface area contributed by atoms with Crippen molar-refractivity contribution in [2.24, 2.45) is 0 Å². The van der Waals surface area contributed by atoms with E-state index >= 15 is 0 Å². The number of aromatic nitrogens is 3. The molecule has 4 nitrogen and oxygen atoms in total. The first-order valence-corrected chi connectivity index (χ1v) is 6.39. The number of nitrogens with zero attached hydrogens (tertiary/aromatic N) is 4. The Morgan fingerprint density at radius 1 is 0.700 bits per heavy atom. The molecular weight excluding hydrogens is 248 g/mol. The second-order valence-electron chi connectivity index (χ2n) is 4.40. The molecule has 4 heteroatoms. The molecule has 0 aromatic carbocycles. The largest absolute Gasteiger partial charge is 0.262 e. The topological polar surface area (TPSA) is 41.9 Å². The van der Waals surface area contributed by atoms with Crippen LogP contribution in [0.5, 0.6) is 0 Å². The molecular formula is C16H14N4. The van der Waals surface area contributed by atoms with Crippen molar-refractivity contribution in [3.63, 3.8) is 0 Å². The van der Waals surface area contributed by atoms with Gasteiger partial charge in [0.2, 0.25) is 0 Å². The Balaban J connectivity index is 2.14. The van der Waals surface area contributed by atoms with Crippen molar-refractivity contribution in [2.45, 2.75) is 6.92 Å². The van der Waals surface area contributed by atoms with E-state index in [9.17, 15) is 0 Å². The van der Waals surface area contributed by atoms with Crippen molar-refractivity contribution < 1.29 is 0 Å². The van der Waals surface area contributed by atoms with Gasteiger partial charge in [-0.05, 0) is 48.9 Å². The number of rotatable bonds is 3. The van der Waals surface area contributed by atoms with Crippen molar-refractivity contribution in [3.05, 3.63) is 72.7 Å². The molecule has 0 spiro atoms. The minimum atomic E-state index is 0.796. The van der Waals surface area contributed by atoms with Crippen molar-refractivity contribution in [1.29, 1.82) is 0 Å². The minimum absolute atomic E-state index is 0.796. The van der Waals surface area contributed by atoms with E-state index in [1.54, 1.807) is 18.6 Å². The van der Waals surface area contributed by atoms with Gasteiger partial charge in [-0.3, -0.25) is 4.90 Å². The fourth-order valence-electron chi connectivity index (χ4n) is 1.97. The van der Waals surface area contributed by atoms with E-state index in [1.807, 2.05) is 60.4 Å². The van der Waals surface area contributed by atoms with Gasteiger partial charge in [0, 0.05) is 18.6 Å². The van der Waals surface area contributed by atoms with E-state index in [0.717, 1.165) is 23.0 Å². The first-order valence-electron chi connectivity index (χ1n) is 6.39. The van der Waals surface area contributed by atoms with Crippen molar-refractivity contribution in [2.75, 3.05) is 4.90 Å². The maximum atomic E-state index is 4.44. The highest BCUT2D eigenvalue weighted by Crippen LogP contribution is 2.29. The third-order valence-electron chi connectivity index (χ3n) is 2.89. The van der Waals surface area contributed by atoms with Gasteiger partial charge in [-0.2, -0.15) is 0 Å². The van der Waals surface area contributed by atoms with Gasteiger partial charge < -0.3 is 0 Å². The van der Waals surface area contributed by atoms with Crippen LogP contribution in [0.15, 0.2) is 67.1 Å². The number of hydrogen-bond acceptors (Lipinski definition) is 4. The number of hydrogen-bond donors (Lipinski definition) is 0. The zero-order valence-electron chi connectivity index (χ0n) is 11.1. The van der Waals surface area contributed by atoms with Crippen molar-refractivity contribution in [1.82, 2.24) is 15.0 Å². The Morgan fingerprint density at radius 3 is 1.80 bits per heavy atom. The van der Waals surface area contributed by atoms with Crippen LogP contribution in [0, 0.1) is 6.92 Å². The predicted molar refractivity (Wildman–Crippen MR) is 79.2 cm³/mol. The molecule has 0 amide bonds. The quantitative estimate of drug-likeness (QED) is 0.722. The number of pyridine rings is 3. The SMILES string of the molecule is Cc1ccnc(N(c2ccccn2)c2ccccn2)c1. The van der Waals surface area contributed by atoms with Gasteiger partial charge in [0.05, 0.1) is 0 Å². The number of anilines is 3. The lowest BCUT2D eigenvalue weighted by molar-refractivity contribution is 1.08. The summed E-state index contributed by atoms with van der Waals surface area (Å²) in [5.74, 6) is 2.40. The lowest BCUT2D eigenvalue weighted by Crippen LogP contribution is -2.14. The summed E-state index contributed by atoms with van der Waals surface area (Å²) < 4.78 is 0. The van der Waals surface area contributed by atoms with Crippen molar-refractivity contribution >= 4 is 17.5 Å². The second kappa shape index (κ2) is 5.48. The average molecular weight is 262 g/mol. The summed E-state index contributed by atoms with van der Waals surface area (Å²) in [5, 5.41) is 0. The third-order valence-corrected chi connectivity index (χ3v) is 2.89. The fourth-order valence-corrected chi connectivity index (χ4v) is 1.97. The molecule has 3 rings (SSSR count). The van der Waals surface area contributed by atoms with Crippen LogP contribution in [0.25, 0.3) is 0 Å². The molecule has 3 aromatic heterocycles. The van der Waals surface area contributed by atoms with Gasteiger partial charge in [0.15, 0.2) is 0 Å². The highest BCUT2D eigenvalue weighted by molar-refractivity contribution is 5.69. The molecule has 20 heavy (non-hydrogen) atoms. The van der Waals surface area contributed by atoms with Gasteiger partial charge in [0.1, 0.15) is 17.5 Å². The Kier molecular flexibility index (Phi) is 3.37. The normalized spacial score (nSPS) is 10.2. The lowest BCUT2D eigenvalue weighted by atomic mass is 10.3. The highest BCUT2D eigenvalue weighted by Gasteiger charge is 2.15. The van der Waals surface area contributed by atoms with Gasteiger partial charge in [-0.1, -0.05) is 12.1 Å². The zero-order valence-corrected chi connectivity index (χ0v) is 11.1. The molecule has 0 saturated heterocycles. The molecule has 3 heterocycles. The maximum absolute atomic E-state index is 4.44. The summed E-state index contributed by atoms with van der Waals surface area (Å²) in [7, 11) is 0. The molecule has 0 aliphatic carbocycles. The Morgan fingerprint density at radius 2 is 1.30 bits per heavy atom. The third kappa shape index (κ3) is 2.49. The maximum Gasteiger partial charge on any atom is 0.140 e. The van der Waals surface area contributed by atoms with E-state index in [4.69, 9.17) is 0 Å². The summed E-state index contributed by atoms with van der Waals surface area (Å²) in [6.45, 7) is 2.04. The Hall–Kier alpha value is -2.75. The van der Waals surface area contributed by atoms with Crippen LogP contribution >= 0.6 is 0 Å². The van der Waals surface area contributed by atoms with Gasteiger partial charge in [-0.25, -0.2) is 15.0 Å². The Bertz CT molecular complexity index is 644. The van der Waals surface area contributed by atoms with Gasteiger partial charge in [0.25, 0.3) is 0 Å². The smallest absolute Gasteiger partial charge is 0.140 e. The molecule has 0 atom stereocenters. The van der Waals surface area contributed by atoms with Crippen LogP contribution < -0.4 is 4.90 Å². The van der Waals surface area contributed by atoms with Crippen LogP contribution in [0.4, 0.5) is 17.5 Å². The van der Waals surface area contributed by atoms with Gasteiger partial charge in [-0.15, -0.1) is 0 Å². The van der Waals surface area contributed by atoms with Gasteiger partial charge >= 0.3 is 0 Å². The zero-order chi connectivity index (χ0) is 13.8. The summed E-state index contributed by atoms with van der Waals surface area (Å²) >= 11 is 0. The summed E-state index contributed by atoms with van der Waals surface area (Å²) in [5.41, 5.74) is 1.15. The molecule has 0 radical (unpaired) electrons. The monoisotopic (exact) mass is 262 g/mol. The molecule has 0 N–H and O–H groups in total. The van der Waals surface area contributed by atoms with Crippen molar-refractivity contribution in [3.8, 4) is 0 Å². The molecule has 3 aromatic rings. The first-order chi connectivity index (χ1) is 9.84. The van der Waals surface area contributed by atoms with Crippen LogP contribution in [0.1, 0.15) is 5.56 Å². The second-order valence-corrected chi connectivity index (χ2v) is 4.40. The fraction of sp³-hybridized carbons (Fsp3) is 0.0625. The highest BCUT2D eigenvalue weighted by atomic mass is 15.3. The molecule has 0 fully saturated rings. The first kappa shape index (κ1) is 12.3. The van der Waals surface area contributed by atoms with Crippen LogP contribution in [-0.2, 0) is 0 Å².